The van der Waals surface area contributed by atoms with Gasteiger partial charge in [0.05, 0.1) is 0 Å². The molecule has 0 atom stereocenters. The SMILES string of the molecule is CCN(CCc1ccncc1)C(=O)CCn1c(C)ccc1C. The highest BCUT2D eigenvalue weighted by molar-refractivity contribution is 5.76. The number of nitrogens with zero attached hydrogens (tertiary/aromatic N) is 3. The number of aryl methyl sites for hydroxylation is 2. The van der Waals surface area contributed by atoms with Crippen LogP contribution in [0.1, 0.15) is 30.3 Å². The van der Waals surface area contributed by atoms with Crippen molar-refractivity contribution in [3.05, 3.63) is 53.6 Å². The number of aromatic nitrogens is 2. The molecule has 2 aromatic rings. The van der Waals surface area contributed by atoms with E-state index < -0.39 is 0 Å². The first-order valence-electron chi connectivity index (χ1n) is 7.91. The minimum atomic E-state index is 0.226. The zero-order chi connectivity index (χ0) is 15.9. The average molecular weight is 299 g/mol. The van der Waals surface area contributed by atoms with Gasteiger partial charge in [-0.05, 0) is 57.0 Å². The lowest BCUT2D eigenvalue weighted by molar-refractivity contribution is -0.131. The van der Waals surface area contributed by atoms with Crippen LogP contribution in [0, 0.1) is 13.8 Å². The fourth-order valence-electron chi connectivity index (χ4n) is 2.69. The Kier molecular flexibility index (Phi) is 5.75. The fourth-order valence-corrected chi connectivity index (χ4v) is 2.69. The van der Waals surface area contributed by atoms with E-state index in [1.807, 2.05) is 24.0 Å². The van der Waals surface area contributed by atoms with E-state index in [0.29, 0.717) is 6.42 Å². The van der Waals surface area contributed by atoms with Crippen molar-refractivity contribution in [1.29, 1.82) is 0 Å². The maximum absolute atomic E-state index is 12.4. The Morgan fingerprint density at radius 2 is 1.77 bits per heavy atom. The Balaban J connectivity index is 1.86. The predicted molar refractivity (Wildman–Crippen MR) is 88.7 cm³/mol. The minimum absolute atomic E-state index is 0.226. The van der Waals surface area contributed by atoms with Crippen LogP contribution in [0.4, 0.5) is 0 Å². The molecule has 0 N–H and O–H groups in total. The number of amides is 1. The third kappa shape index (κ3) is 4.20. The second-order valence-corrected chi connectivity index (χ2v) is 5.60. The quantitative estimate of drug-likeness (QED) is 0.788. The second kappa shape index (κ2) is 7.78. The van der Waals surface area contributed by atoms with E-state index >= 15 is 0 Å². The van der Waals surface area contributed by atoms with Gasteiger partial charge in [-0.3, -0.25) is 9.78 Å². The molecule has 0 saturated heterocycles. The van der Waals surface area contributed by atoms with Crippen LogP contribution in [-0.4, -0.2) is 33.4 Å². The summed E-state index contributed by atoms with van der Waals surface area (Å²) in [5.41, 5.74) is 3.65. The number of pyridine rings is 1. The first-order chi connectivity index (χ1) is 10.6. The van der Waals surface area contributed by atoms with Crippen LogP contribution in [0.15, 0.2) is 36.7 Å². The van der Waals surface area contributed by atoms with E-state index in [9.17, 15) is 4.79 Å². The van der Waals surface area contributed by atoms with Crippen molar-refractivity contribution in [2.75, 3.05) is 13.1 Å². The van der Waals surface area contributed by atoms with Gasteiger partial charge in [-0.1, -0.05) is 0 Å². The Bertz CT molecular complexity index is 585. The highest BCUT2D eigenvalue weighted by Gasteiger charge is 2.12. The maximum Gasteiger partial charge on any atom is 0.224 e. The Morgan fingerprint density at radius 1 is 1.14 bits per heavy atom. The number of carbonyl (C=O) groups is 1. The minimum Gasteiger partial charge on any atom is -0.349 e. The van der Waals surface area contributed by atoms with Crippen molar-refractivity contribution in [1.82, 2.24) is 14.5 Å². The molecular formula is C18H25N3O. The molecular weight excluding hydrogens is 274 g/mol. The van der Waals surface area contributed by atoms with E-state index in [0.717, 1.165) is 26.1 Å². The monoisotopic (exact) mass is 299 g/mol. The molecule has 0 aliphatic heterocycles. The van der Waals surface area contributed by atoms with Crippen LogP contribution >= 0.6 is 0 Å². The van der Waals surface area contributed by atoms with E-state index in [1.165, 1.54) is 17.0 Å². The van der Waals surface area contributed by atoms with Crippen molar-refractivity contribution in [3.8, 4) is 0 Å². The van der Waals surface area contributed by atoms with Gasteiger partial charge in [-0.15, -0.1) is 0 Å². The summed E-state index contributed by atoms with van der Waals surface area (Å²) < 4.78 is 2.20. The van der Waals surface area contributed by atoms with Crippen LogP contribution in [0.2, 0.25) is 0 Å². The number of rotatable bonds is 7. The molecule has 0 radical (unpaired) electrons. The number of likely N-dealkylation sites (N-methyl/N-ethyl adjacent to an activating group) is 1. The summed E-state index contributed by atoms with van der Waals surface area (Å²) in [4.78, 5) is 18.4. The van der Waals surface area contributed by atoms with Gasteiger partial charge in [-0.25, -0.2) is 0 Å². The molecule has 2 rings (SSSR count). The Hall–Kier alpha value is -2.10. The summed E-state index contributed by atoms with van der Waals surface area (Å²) in [7, 11) is 0. The van der Waals surface area contributed by atoms with Crippen molar-refractivity contribution >= 4 is 5.91 Å². The second-order valence-electron chi connectivity index (χ2n) is 5.60. The first-order valence-corrected chi connectivity index (χ1v) is 7.91. The molecule has 4 nitrogen and oxygen atoms in total. The van der Waals surface area contributed by atoms with E-state index in [2.05, 4.69) is 35.5 Å². The van der Waals surface area contributed by atoms with Crippen LogP contribution in [0.3, 0.4) is 0 Å². The van der Waals surface area contributed by atoms with Gasteiger partial charge >= 0.3 is 0 Å². The number of hydrogen-bond donors (Lipinski definition) is 0. The van der Waals surface area contributed by atoms with Crippen molar-refractivity contribution in [2.24, 2.45) is 0 Å². The van der Waals surface area contributed by atoms with Gasteiger partial charge in [0, 0.05) is 49.8 Å². The molecule has 2 heterocycles. The molecule has 0 spiro atoms. The molecule has 2 aromatic heterocycles. The normalized spacial score (nSPS) is 10.7. The van der Waals surface area contributed by atoms with E-state index in [-0.39, 0.29) is 5.91 Å². The number of carbonyl (C=O) groups excluding carboxylic acids is 1. The molecule has 0 unspecified atom stereocenters. The third-order valence-corrected chi connectivity index (χ3v) is 4.12. The topological polar surface area (TPSA) is 38.1 Å². The average Bonchev–Trinajstić information content (AvgIpc) is 2.85. The lowest BCUT2D eigenvalue weighted by Crippen LogP contribution is -2.33. The molecule has 1 amide bonds. The summed E-state index contributed by atoms with van der Waals surface area (Å²) in [6, 6.07) is 8.21. The first kappa shape index (κ1) is 16.3. The number of hydrogen-bond acceptors (Lipinski definition) is 2. The maximum atomic E-state index is 12.4. The molecule has 4 heteroatoms. The molecule has 0 aliphatic rings. The van der Waals surface area contributed by atoms with Crippen molar-refractivity contribution < 1.29 is 4.79 Å². The summed E-state index contributed by atoms with van der Waals surface area (Å²) in [6.45, 7) is 8.49. The lowest BCUT2D eigenvalue weighted by Gasteiger charge is -2.21. The predicted octanol–water partition coefficient (Wildman–Crippen LogP) is 2.98. The molecule has 0 fully saturated rings. The Labute approximate surface area is 132 Å². The van der Waals surface area contributed by atoms with Crippen LogP contribution < -0.4 is 0 Å². The highest BCUT2D eigenvalue weighted by atomic mass is 16.2. The molecule has 0 aromatic carbocycles. The summed E-state index contributed by atoms with van der Waals surface area (Å²) in [5.74, 6) is 0.226. The van der Waals surface area contributed by atoms with Gasteiger partial charge in [-0.2, -0.15) is 0 Å². The lowest BCUT2D eigenvalue weighted by atomic mass is 10.2. The van der Waals surface area contributed by atoms with Crippen LogP contribution in [-0.2, 0) is 17.8 Å². The third-order valence-electron chi connectivity index (χ3n) is 4.12. The smallest absolute Gasteiger partial charge is 0.224 e. The molecule has 0 bridgehead atoms. The zero-order valence-corrected chi connectivity index (χ0v) is 13.7. The molecule has 22 heavy (non-hydrogen) atoms. The van der Waals surface area contributed by atoms with E-state index in [4.69, 9.17) is 0 Å². The fraction of sp³-hybridized carbons (Fsp3) is 0.444. The van der Waals surface area contributed by atoms with E-state index in [1.54, 1.807) is 12.4 Å². The van der Waals surface area contributed by atoms with Gasteiger partial charge in [0.25, 0.3) is 0 Å². The summed E-state index contributed by atoms with van der Waals surface area (Å²) >= 11 is 0. The zero-order valence-electron chi connectivity index (χ0n) is 13.7. The van der Waals surface area contributed by atoms with Crippen molar-refractivity contribution in [3.63, 3.8) is 0 Å². The highest BCUT2D eigenvalue weighted by Crippen LogP contribution is 2.09. The van der Waals surface area contributed by atoms with Gasteiger partial charge in [0.1, 0.15) is 0 Å². The molecule has 118 valence electrons. The standard InChI is InChI=1S/C18H25N3O/c1-4-20(13-9-17-7-11-19-12-8-17)18(22)10-14-21-15(2)5-6-16(21)3/h5-8,11-12H,4,9-10,13-14H2,1-3H3. The molecule has 0 saturated carbocycles. The van der Waals surface area contributed by atoms with Crippen LogP contribution in [0.25, 0.3) is 0 Å². The summed E-state index contributed by atoms with van der Waals surface area (Å²) in [5, 5.41) is 0. The molecule has 0 aliphatic carbocycles. The summed E-state index contributed by atoms with van der Waals surface area (Å²) in [6.07, 6.45) is 5.03. The van der Waals surface area contributed by atoms with Gasteiger partial charge in [0.2, 0.25) is 5.91 Å². The largest absolute Gasteiger partial charge is 0.349 e. The van der Waals surface area contributed by atoms with Crippen LogP contribution in [0.5, 0.6) is 0 Å². The van der Waals surface area contributed by atoms with Crippen molar-refractivity contribution in [2.45, 2.75) is 40.2 Å². The van der Waals surface area contributed by atoms with Gasteiger partial charge < -0.3 is 9.47 Å². The Morgan fingerprint density at radius 3 is 2.36 bits per heavy atom. The van der Waals surface area contributed by atoms with Gasteiger partial charge in [0.15, 0.2) is 0 Å².